The van der Waals surface area contributed by atoms with Crippen LogP contribution in [0.3, 0.4) is 0 Å². The van der Waals surface area contributed by atoms with Crippen LogP contribution in [0.4, 0.5) is 10.1 Å². The SMILES string of the molecule is Cc1ccccc1N(C(=O)CNC(=O)c1cccs1)[C@@H](C(=O)NC1CCCC1)c1ccc(F)cc1. The van der Waals surface area contributed by atoms with Gasteiger partial charge in [-0.05, 0) is 60.5 Å². The molecule has 0 spiro atoms. The first-order chi connectivity index (χ1) is 16.9. The normalized spacial score (nSPS) is 14.3. The Morgan fingerprint density at radius 1 is 1.03 bits per heavy atom. The fourth-order valence-electron chi connectivity index (χ4n) is 4.40. The predicted molar refractivity (Wildman–Crippen MR) is 135 cm³/mol. The summed E-state index contributed by atoms with van der Waals surface area (Å²) in [5.74, 6) is -1.56. The first kappa shape index (κ1) is 24.6. The molecule has 0 unspecified atom stereocenters. The molecule has 1 aromatic heterocycles. The number of carbonyl (C=O) groups is 3. The Morgan fingerprint density at radius 3 is 2.40 bits per heavy atom. The summed E-state index contributed by atoms with van der Waals surface area (Å²) in [6, 6.07) is 15.3. The van der Waals surface area contributed by atoms with Gasteiger partial charge in [-0.2, -0.15) is 0 Å². The number of amides is 3. The molecule has 3 amide bonds. The molecule has 2 aromatic carbocycles. The Kier molecular flexibility index (Phi) is 7.92. The number of carbonyl (C=O) groups excluding carboxylic acids is 3. The second-order valence-corrected chi connectivity index (χ2v) is 9.60. The first-order valence-corrected chi connectivity index (χ1v) is 12.6. The molecule has 4 rings (SSSR count). The van der Waals surface area contributed by atoms with Crippen molar-refractivity contribution >= 4 is 34.7 Å². The number of aryl methyl sites for hydroxylation is 1. The number of thiophene rings is 1. The summed E-state index contributed by atoms with van der Waals surface area (Å²) in [5, 5.41) is 7.55. The molecule has 0 bridgehead atoms. The van der Waals surface area contributed by atoms with Gasteiger partial charge in [-0.1, -0.05) is 49.2 Å². The van der Waals surface area contributed by atoms with E-state index in [-0.39, 0.29) is 24.4 Å². The Morgan fingerprint density at radius 2 is 1.74 bits per heavy atom. The van der Waals surface area contributed by atoms with Crippen LogP contribution in [0.1, 0.15) is 52.5 Å². The van der Waals surface area contributed by atoms with Crippen molar-refractivity contribution in [2.75, 3.05) is 11.4 Å². The van der Waals surface area contributed by atoms with Crippen LogP contribution in [0.25, 0.3) is 0 Å². The van der Waals surface area contributed by atoms with E-state index in [0.717, 1.165) is 31.2 Å². The minimum absolute atomic E-state index is 0.0396. The zero-order valence-electron chi connectivity index (χ0n) is 19.5. The maximum absolute atomic E-state index is 13.7. The highest BCUT2D eigenvalue weighted by Gasteiger charge is 2.35. The van der Waals surface area contributed by atoms with Crippen molar-refractivity contribution in [2.24, 2.45) is 0 Å². The lowest BCUT2D eigenvalue weighted by molar-refractivity contribution is -0.126. The van der Waals surface area contributed by atoms with Crippen molar-refractivity contribution in [1.82, 2.24) is 10.6 Å². The summed E-state index contributed by atoms with van der Waals surface area (Å²) in [6.07, 6.45) is 3.86. The number of hydrogen-bond donors (Lipinski definition) is 2. The molecule has 1 aliphatic rings. The highest BCUT2D eigenvalue weighted by atomic mass is 32.1. The van der Waals surface area contributed by atoms with E-state index in [2.05, 4.69) is 10.6 Å². The van der Waals surface area contributed by atoms with Gasteiger partial charge in [0.1, 0.15) is 11.9 Å². The van der Waals surface area contributed by atoms with Crippen molar-refractivity contribution in [1.29, 1.82) is 0 Å². The summed E-state index contributed by atoms with van der Waals surface area (Å²) < 4.78 is 13.7. The van der Waals surface area contributed by atoms with E-state index < -0.39 is 17.8 Å². The van der Waals surface area contributed by atoms with Gasteiger partial charge in [-0.15, -0.1) is 11.3 Å². The number of hydrogen-bond acceptors (Lipinski definition) is 4. The smallest absolute Gasteiger partial charge is 0.261 e. The Hall–Kier alpha value is -3.52. The average molecular weight is 494 g/mol. The largest absolute Gasteiger partial charge is 0.351 e. The van der Waals surface area contributed by atoms with Crippen LogP contribution in [0.5, 0.6) is 0 Å². The number of rotatable bonds is 8. The fourth-order valence-corrected chi connectivity index (χ4v) is 5.04. The van der Waals surface area contributed by atoms with Gasteiger partial charge in [0.05, 0.1) is 11.4 Å². The zero-order valence-corrected chi connectivity index (χ0v) is 20.3. The molecule has 0 saturated heterocycles. The zero-order chi connectivity index (χ0) is 24.8. The maximum atomic E-state index is 13.7. The third-order valence-corrected chi connectivity index (χ3v) is 7.05. The maximum Gasteiger partial charge on any atom is 0.261 e. The third kappa shape index (κ3) is 5.95. The lowest BCUT2D eigenvalue weighted by Gasteiger charge is -2.33. The van der Waals surface area contributed by atoms with E-state index >= 15 is 0 Å². The highest BCUT2D eigenvalue weighted by molar-refractivity contribution is 7.12. The summed E-state index contributed by atoms with van der Waals surface area (Å²) >= 11 is 1.28. The van der Waals surface area contributed by atoms with Crippen molar-refractivity contribution in [3.63, 3.8) is 0 Å². The molecule has 0 aliphatic heterocycles. The van der Waals surface area contributed by atoms with Crippen molar-refractivity contribution in [2.45, 2.75) is 44.7 Å². The van der Waals surface area contributed by atoms with E-state index in [1.54, 1.807) is 29.6 Å². The van der Waals surface area contributed by atoms with Crippen LogP contribution in [-0.2, 0) is 9.59 Å². The molecule has 2 N–H and O–H groups in total. The standard InChI is InChI=1S/C27H28FN3O3S/c1-18-7-2-5-10-22(18)31(24(32)17-29-26(33)23-11-6-16-35-23)25(19-12-14-20(28)15-13-19)27(34)30-21-8-3-4-9-21/h2,5-7,10-16,21,25H,3-4,8-9,17H2,1H3,(H,29,33)(H,30,34)/t25-/m1/s1. The molecule has 8 heteroatoms. The molecular formula is C27H28FN3O3S. The molecule has 1 heterocycles. The first-order valence-electron chi connectivity index (χ1n) is 11.7. The van der Waals surface area contributed by atoms with Crippen LogP contribution in [-0.4, -0.2) is 30.3 Å². The number of anilines is 1. The van der Waals surface area contributed by atoms with Gasteiger partial charge in [0.25, 0.3) is 5.91 Å². The molecule has 6 nitrogen and oxygen atoms in total. The Bertz CT molecular complexity index is 1170. The Balaban J connectivity index is 1.69. The summed E-state index contributed by atoms with van der Waals surface area (Å²) in [5.41, 5.74) is 1.84. The van der Waals surface area contributed by atoms with E-state index in [9.17, 15) is 18.8 Å². The summed E-state index contributed by atoms with van der Waals surface area (Å²) in [7, 11) is 0. The number of halogens is 1. The third-order valence-electron chi connectivity index (χ3n) is 6.18. The predicted octanol–water partition coefficient (Wildman–Crippen LogP) is 4.76. The average Bonchev–Trinajstić information content (AvgIpc) is 3.57. The van der Waals surface area contributed by atoms with Crippen LogP contribution in [0.2, 0.25) is 0 Å². The van der Waals surface area contributed by atoms with Crippen molar-refractivity contribution in [3.05, 3.63) is 87.9 Å². The molecule has 1 saturated carbocycles. The minimum Gasteiger partial charge on any atom is -0.351 e. The van der Waals surface area contributed by atoms with Gasteiger partial charge in [0.2, 0.25) is 11.8 Å². The monoisotopic (exact) mass is 493 g/mol. The summed E-state index contributed by atoms with van der Waals surface area (Å²) in [4.78, 5) is 41.7. The molecule has 3 aromatic rings. The van der Waals surface area contributed by atoms with Crippen molar-refractivity contribution in [3.8, 4) is 0 Å². The molecule has 35 heavy (non-hydrogen) atoms. The van der Waals surface area contributed by atoms with Gasteiger partial charge in [0.15, 0.2) is 0 Å². The second-order valence-electron chi connectivity index (χ2n) is 8.65. The lowest BCUT2D eigenvalue weighted by atomic mass is 10.0. The number of nitrogens with zero attached hydrogens (tertiary/aromatic N) is 1. The Labute approximate surface area is 208 Å². The molecule has 182 valence electrons. The van der Waals surface area contributed by atoms with Crippen LogP contribution < -0.4 is 15.5 Å². The quantitative estimate of drug-likeness (QED) is 0.475. The second kappa shape index (κ2) is 11.3. The molecular weight excluding hydrogens is 465 g/mol. The lowest BCUT2D eigenvalue weighted by Crippen LogP contribution is -2.49. The van der Waals surface area contributed by atoms with E-state index in [0.29, 0.717) is 16.1 Å². The van der Waals surface area contributed by atoms with Crippen molar-refractivity contribution < 1.29 is 18.8 Å². The van der Waals surface area contributed by atoms with E-state index in [1.807, 2.05) is 19.1 Å². The van der Waals surface area contributed by atoms with Gasteiger partial charge in [-0.3, -0.25) is 19.3 Å². The topological polar surface area (TPSA) is 78.5 Å². The van der Waals surface area contributed by atoms with Crippen LogP contribution in [0.15, 0.2) is 66.0 Å². The summed E-state index contributed by atoms with van der Waals surface area (Å²) in [6.45, 7) is 1.57. The van der Waals surface area contributed by atoms with Gasteiger partial charge >= 0.3 is 0 Å². The van der Waals surface area contributed by atoms with E-state index in [1.165, 1.54) is 40.5 Å². The fraction of sp³-hybridized carbons (Fsp3) is 0.296. The number of nitrogens with one attached hydrogen (secondary N) is 2. The highest BCUT2D eigenvalue weighted by Crippen LogP contribution is 2.31. The molecule has 0 radical (unpaired) electrons. The van der Waals surface area contributed by atoms with Gasteiger partial charge in [0, 0.05) is 11.7 Å². The number of para-hydroxylation sites is 1. The van der Waals surface area contributed by atoms with Crippen LogP contribution in [0, 0.1) is 12.7 Å². The molecule has 1 aliphatic carbocycles. The number of benzene rings is 2. The molecule has 1 fully saturated rings. The molecule has 1 atom stereocenters. The van der Waals surface area contributed by atoms with E-state index in [4.69, 9.17) is 0 Å². The van der Waals surface area contributed by atoms with Gasteiger partial charge in [-0.25, -0.2) is 4.39 Å². The minimum atomic E-state index is -1.02. The van der Waals surface area contributed by atoms with Crippen LogP contribution >= 0.6 is 11.3 Å². The van der Waals surface area contributed by atoms with Gasteiger partial charge < -0.3 is 10.6 Å².